The number of aromatic nitrogens is 2. The Labute approximate surface area is 156 Å². The molecule has 0 aliphatic heterocycles. The van der Waals surface area contributed by atoms with E-state index in [9.17, 15) is 9.18 Å². The molecule has 6 heteroatoms. The molecule has 0 spiro atoms. The van der Waals surface area contributed by atoms with Crippen molar-refractivity contribution in [2.45, 2.75) is 34.1 Å². The van der Waals surface area contributed by atoms with Crippen molar-refractivity contribution in [1.82, 2.24) is 9.97 Å². The van der Waals surface area contributed by atoms with Crippen LogP contribution in [-0.2, 0) is 6.42 Å². The van der Waals surface area contributed by atoms with E-state index in [-0.39, 0.29) is 11.7 Å². The monoisotopic (exact) mass is 369 g/mol. The molecule has 0 radical (unpaired) electrons. The standard InChI is InChI=1S/C20H20FN3OS/c1-11-9-12(2)22-13(3)18(11)24-20(25)19-14(4)23-17(26-19)10-15-5-7-16(21)8-6-15/h5-9H,10H2,1-4H3,(H,24,25). The van der Waals surface area contributed by atoms with Gasteiger partial charge in [0.15, 0.2) is 0 Å². The van der Waals surface area contributed by atoms with Gasteiger partial charge in [-0.3, -0.25) is 9.78 Å². The van der Waals surface area contributed by atoms with Gasteiger partial charge in [0.2, 0.25) is 0 Å². The highest BCUT2D eigenvalue weighted by Gasteiger charge is 2.17. The summed E-state index contributed by atoms with van der Waals surface area (Å²) in [6.07, 6.45) is 0.573. The fourth-order valence-corrected chi connectivity index (χ4v) is 3.89. The third-order valence-corrected chi connectivity index (χ3v) is 5.24. The number of nitrogens with one attached hydrogen (secondary N) is 1. The summed E-state index contributed by atoms with van der Waals surface area (Å²) in [5.41, 5.74) is 5.10. The first-order chi connectivity index (χ1) is 12.3. The number of carbonyl (C=O) groups is 1. The predicted octanol–water partition coefficient (Wildman–Crippen LogP) is 4.75. The first kappa shape index (κ1) is 18.2. The number of nitrogens with zero attached hydrogens (tertiary/aromatic N) is 2. The number of halogens is 1. The number of thiazole rings is 1. The van der Waals surface area contributed by atoms with Gasteiger partial charge in [0.1, 0.15) is 10.7 Å². The van der Waals surface area contributed by atoms with E-state index in [0.717, 1.165) is 33.2 Å². The van der Waals surface area contributed by atoms with Crippen molar-refractivity contribution >= 4 is 22.9 Å². The Balaban J connectivity index is 1.80. The van der Waals surface area contributed by atoms with E-state index in [0.29, 0.717) is 17.0 Å². The Morgan fingerprint density at radius 3 is 2.42 bits per heavy atom. The normalized spacial score (nSPS) is 10.8. The second-order valence-corrected chi connectivity index (χ2v) is 7.40. The summed E-state index contributed by atoms with van der Waals surface area (Å²) >= 11 is 1.36. The molecule has 26 heavy (non-hydrogen) atoms. The summed E-state index contributed by atoms with van der Waals surface area (Å²) < 4.78 is 13.0. The molecule has 1 N–H and O–H groups in total. The molecule has 134 valence electrons. The SMILES string of the molecule is Cc1cc(C)c(NC(=O)c2sc(Cc3ccc(F)cc3)nc2C)c(C)n1. The molecule has 3 aromatic rings. The van der Waals surface area contributed by atoms with Crippen LogP contribution in [0.15, 0.2) is 30.3 Å². The third kappa shape index (κ3) is 3.96. The molecule has 1 aromatic carbocycles. The molecule has 0 saturated carbocycles. The minimum atomic E-state index is -0.262. The van der Waals surface area contributed by atoms with Gasteiger partial charge in [0, 0.05) is 12.1 Å². The van der Waals surface area contributed by atoms with Gasteiger partial charge >= 0.3 is 0 Å². The van der Waals surface area contributed by atoms with E-state index in [2.05, 4.69) is 15.3 Å². The van der Waals surface area contributed by atoms with Crippen molar-refractivity contribution in [3.8, 4) is 0 Å². The van der Waals surface area contributed by atoms with Crippen molar-refractivity contribution in [1.29, 1.82) is 0 Å². The number of rotatable bonds is 4. The van der Waals surface area contributed by atoms with Crippen molar-refractivity contribution in [3.63, 3.8) is 0 Å². The van der Waals surface area contributed by atoms with E-state index >= 15 is 0 Å². The molecule has 4 nitrogen and oxygen atoms in total. The van der Waals surface area contributed by atoms with Gasteiger partial charge in [-0.05, 0) is 57.0 Å². The lowest BCUT2D eigenvalue weighted by Crippen LogP contribution is -2.14. The van der Waals surface area contributed by atoms with Crippen LogP contribution in [-0.4, -0.2) is 15.9 Å². The van der Waals surface area contributed by atoms with Gasteiger partial charge in [0.25, 0.3) is 5.91 Å². The zero-order valence-corrected chi connectivity index (χ0v) is 16.0. The van der Waals surface area contributed by atoms with Crippen molar-refractivity contribution < 1.29 is 9.18 Å². The molecule has 0 bridgehead atoms. The molecule has 2 aromatic heterocycles. The molecule has 3 rings (SSSR count). The minimum Gasteiger partial charge on any atom is -0.319 e. The highest BCUT2D eigenvalue weighted by atomic mass is 32.1. The smallest absolute Gasteiger partial charge is 0.267 e. The van der Waals surface area contributed by atoms with Gasteiger partial charge in [-0.2, -0.15) is 0 Å². The lowest BCUT2D eigenvalue weighted by molar-refractivity contribution is 0.102. The van der Waals surface area contributed by atoms with Gasteiger partial charge in [-0.1, -0.05) is 12.1 Å². The molecule has 0 aliphatic rings. The van der Waals surface area contributed by atoms with Crippen LogP contribution < -0.4 is 5.32 Å². The number of pyridine rings is 1. The molecular formula is C20H20FN3OS. The fraction of sp³-hybridized carbons (Fsp3) is 0.250. The lowest BCUT2D eigenvalue weighted by atomic mass is 10.1. The Hall–Kier alpha value is -2.60. The molecule has 0 saturated heterocycles. The van der Waals surface area contributed by atoms with Crippen molar-refractivity contribution in [3.05, 3.63) is 74.2 Å². The Bertz CT molecular complexity index is 941. The molecular weight excluding hydrogens is 349 g/mol. The number of hydrogen-bond acceptors (Lipinski definition) is 4. The maximum Gasteiger partial charge on any atom is 0.267 e. The molecule has 1 amide bonds. The first-order valence-electron chi connectivity index (χ1n) is 8.30. The molecule has 0 aliphatic carbocycles. The number of carbonyl (C=O) groups excluding carboxylic acids is 1. The number of benzene rings is 1. The maximum atomic E-state index is 13.0. The minimum absolute atomic E-state index is 0.179. The third-order valence-electron chi connectivity index (χ3n) is 4.08. The summed E-state index contributed by atoms with van der Waals surface area (Å²) in [5, 5.41) is 3.80. The lowest BCUT2D eigenvalue weighted by Gasteiger charge is -2.11. The topological polar surface area (TPSA) is 54.9 Å². The highest BCUT2D eigenvalue weighted by molar-refractivity contribution is 7.14. The number of anilines is 1. The van der Waals surface area contributed by atoms with E-state index in [1.807, 2.05) is 33.8 Å². The number of aryl methyl sites for hydroxylation is 4. The predicted molar refractivity (Wildman–Crippen MR) is 102 cm³/mol. The summed E-state index contributed by atoms with van der Waals surface area (Å²) in [6.45, 7) is 7.60. The number of amides is 1. The summed E-state index contributed by atoms with van der Waals surface area (Å²) in [4.78, 5) is 22.2. The van der Waals surface area contributed by atoms with Gasteiger partial charge in [0.05, 0.1) is 22.1 Å². The fourth-order valence-electron chi connectivity index (χ4n) is 2.90. The molecule has 0 fully saturated rings. The summed E-state index contributed by atoms with van der Waals surface area (Å²) in [5.74, 6) is -0.441. The first-order valence-corrected chi connectivity index (χ1v) is 9.12. The van der Waals surface area contributed by atoms with Gasteiger partial charge in [-0.15, -0.1) is 11.3 Å². The van der Waals surface area contributed by atoms with Crippen LogP contribution >= 0.6 is 11.3 Å². The van der Waals surface area contributed by atoms with E-state index in [1.54, 1.807) is 12.1 Å². The van der Waals surface area contributed by atoms with Crippen LogP contribution in [0.2, 0.25) is 0 Å². The highest BCUT2D eigenvalue weighted by Crippen LogP contribution is 2.25. The molecule has 0 atom stereocenters. The van der Waals surface area contributed by atoms with Crippen LogP contribution in [0, 0.1) is 33.5 Å². The van der Waals surface area contributed by atoms with E-state index in [4.69, 9.17) is 0 Å². The summed E-state index contributed by atoms with van der Waals surface area (Å²) in [6, 6.07) is 8.27. The van der Waals surface area contributed by atoms with Crippen molar-refractivity contribution in [2.75, 3.05) is 5.32 Å². The van der Waals surface area contributed by atoms with Crippen LogP contribution in [0.4, 0.5) is 10.1 Å². The van der Waals surface area contributed by atoms with Crippen molar-refractivity contribution in [2.24, 2.45) is 0 Å². The largest absolute Gasteiger partial charge is 0.319 e. The average Bonchev–Trinajstić information content (AvgIpc) is 2.93. The summed E-state index contributed by atoms with van der Waals surface area (Å²) in [7, 11) is 0. The van der Waals surface area contributed by atoms with Crippen LogP contribution in [0.1, 0.15) is 42.9 Å². The Morgan fingerprint density at radius 1 is 1.08 bits per heavy atom. The second-order valence-electron chi connectivity index (χ2n) is 6.32. The zero-order chi connectivity index (χ0) is 18.8. The maximum absolute atomic E-state index is 13.0. The number of hydrogen-bond donors (Lipinski definition) is 1. The Morgan fingerprint density at radius 2 is 1.77 bits per heavy atom. The van der Waals surface area contributed by atoms with Gasteiger partial charge < -0.3 is 5.32 Å². The second kappa shape index (κ2) is 7.33. The van der Waals surface area contributed by atoms with E-state index in [1.165, 1.54) is 23.5 Å². The molecule has 2 heterocycles. The van der Waals surface area contributed by atoms with Crippen LogP contribution in [0.3, 0.4) is 0 Å². The van der Waals surface area contributed by atoms with E-state index < -0.39 is 0 Å². The van der Waals surface area contributed by atoms with Crippen LogP contribution in [0.25, 0.3) is 0 Å². The molecule has 0 unspecified atom stereocenters. The Kier molecular flexibility index (Phi) is 5.13. The quantitative estimate of drug-likeness (QED) is 0.722. The zero-order valence-electron chi connectivity index (χ0n) is 15.2. The van der Waals surface area contributed by atoms with Crippen LogP contribution in [0.5, 0.6) is 0 Å². The van der Waals surface area contributed by atoms with Gasteiger partial charge in [-0.25, -0.2) is 9.37 Å². The average molecular weight is 369 g/mol.